The molecular weight excluding hydrogens is 132 g/mol. The maximum absolute atomic E-state index is 5.40. The molecule has 0 radical (unpaired) electrons. The van der Waals surface area contributed by atoms with Crippen LogP contribution in [0.2, 0.25) is 0 Å². The highest BCUT2D eigenvalue weighted by atomic mass is 28.2. The van der Waals surface area contributed by atoms with E-state index in [0.29, 0.717) is 0 Å². The number of hydrogen-bond acceptors (Lipinski definition) is 2. The SMILES string of the molecule is CC(C)OC(C)(C)O[SiH3]. The van der Waals surface area contributed by atoms with Crippen LogP contribution in [0.25, 0.3) is 0 Å². The summed E-state index contributed by atoms with van der Waals surface area (Å²) in [5.74, 6) is -0.375. The Morgan fingerprint density at radius 3 is 1.89 bits per heavy atom. The second-order valence-corrected chi connectivity index (χ2v) is 3.18. The summed E-state index contributed by atoms with van der Waals surface area (Å²) in [6, 6.07) is 0. The molecule has 0 saturated heterocycles. The van der Waals surface area contributed by atoms with Crippen molar-refractivity contribution in [3.63, 3.8) is 0 Å². The van der Waals surface area contributed by atoms with E-state index < -0.39 is 0 Å². The molecule has 0 aromatic heterocycles. The van der Waals surface area contributed by atoms with Gasteiger partial charge in [0.1, 0.15) is 10.5 Å². The lowest BCUT2D eigenvalue weighted by Crippen LogP contribution is -2.30. The lowest BCUT2D eigenvalue weighted by atomic mass is 10.3. The molecule has 0 aliphatic rings. The van der Waals surface area contributed by atoms with E-state index in [9.17, 15) is 0 Å². The Morgan fingerprint density at radius 2 is 1.78 bits per heavy atom. The molecule has 0 fully saturated rings. The van der Waals surface area contributed by atoms with Crippen LogP contribution >= 0.6 is 0 Å². The van der Waals surface area contributed by atoms with E-state index in [1.165, 1.54) is 0 Å². The highest BCUT2D eigenvalue weighted by molar-refractivity contribution is 5.98. The van der Waals surface area contributed by atoms with Crippen LogP contribution in [0.5, 0.6) is 0 Å². The highest BCUT2D eigenvalue weighted by Crippen LogP contribution is 2.11. The van der Waals surface area contributed by atoms with Crippen molar-refractivity contribution in [2.24, 2.45) is 0 Å². The normalized spacial score (nSPS) is 13.0. The summed E-state index contributed by atoms with van der Waals surface area (Å²) in [5.41, 5.74) is 0. The minimum Gasteiger partial charge on any atom is -0.402 e. The molecule has 0 unspecified atom stereocenters. The van der Waals surface area contributed by atoms with Crippen molar-refractivity contribution in [3.8, 4) is 0 Å². The number of ether oxygens (including phenoxy) is 1. The van der Waals surface area contributed by atoms with E-state index in [1.54, 1.807) is 0 Å². The molecule has 0 amide bonds. The fourth-order valence-electron chi connectivity index (χ4n) is 0.616. The second-order valence-electron chi connectivity index (χ2n) is 2.77. The Hall–Kier alpha value is 0.137. The second kappa shape index (κ2) is 3.34. The van der Waals surface area contributed by atoms with Crippen LogP contribution in [0, 0.1) is 0 Å². The van der Waals surface area contributed by atoms with Crippen molar-refractivity contribution >= 4 is 10.5 Å². The van der Waals surface area contributed by atoms with Crippen molar-refractivity contribution in [3.05, 3.63) is 0 Å². The highest BCUT2D eigenvalue weighted by Gasteiger charge is 2.16. The van der Waals surface area contributed by atoms with E-state index in [2.05, 4.69) is 0 Å². The summed E-state index contributed by atoms with van der Waals surface area (Å²) in [6.45, 7) is 7.87. The van der Waals surface area contributed by atoms with Gasteiger partial charge in [-0.05, 0) is 27.7 Å². The fraction of sp³-hybridized carbons (Fsp3) is 1.00. The van der Waals surface area contributed by atoms with Gasteiger partial charge in [0.2, 0.25) is 0 Å². The molecule has 0 atom stereocenters. The summed E-state index contributed by atoms with van der Waals surface area (Å²) >= 11 is 0. The van der Waals surface area contributed by atoms with E-state index >= 15 is 0 Å². The number of rotatable bonds is 3. The Bertz CT molecular complexity index is 81.1. The van der Waals surface area contributed by atoms with Gasteiger partial charge < -0.3 is 9.16 Å². The lowest BCUT2D eigenvalue weighted by molar-refractivity contribution is -0.176. The molecular formula is C6H16O2Si. The average molecular weight is 148 g/mol. The van der Waals surface area contributed by atoms with Crippen LogP contribution in [0.1, 0.15) is 27.7 Å². The predicted octanol–water partition coefficient (Wildman–Crippen LogP) is 0.444. The van der Waals surface area contributed by atoms with Gasteiger partial charge in [0.15, 0.2) is 5.79 Å². The van der Waals surface area contributed by atoms with Gasteiger partial charge >= 0.3 is 0 Å². The first-order valence-electron chi connectivity index (χ1n) is 3.21. The van der Waals surface area contributed by atoms with Gasteiger partial charge in [0, 0.05) is 0 Å². The van der Waals surface area contributed by atoms with Gasteiger partial charge in [-0.1, -0.05) is 0 Å². The maximum Gasteiger partial charge on any atom is 0.152 e. The molecule has 0 heterocycles. The predicted molar refractivity (Wildman–Crippen MR) is 41.3 cm³/mol. The van der Waals surface area contributed by atoms with Gasteiger partial charge in [-0.3, -0.25) is 0 Å². The molecule has 0 aromatic rings. The van der Waals surface area contributed by atoms with Gasteiger partial charge in [0.25, 0.3) is 0 Å². The number of hydrogen-bond donors (Lipinski definition) is 0. The van der Waals surface area contributed by atoms with Crippen LogP contribution in [-0.4, -0.2) is 22.4 Å². The molecule has 2 nitrogen and oxygen atoms in total. The van der Waals surface area contributed by atoms with Gasteiger partial charge in [-0.2, -0.15) is 0 Å². The molecule has 0 rings (SSSR count). The molecule has 3 heteroatoms. The fourth-order valence-corrected chi connectivity index (χ4v) is 0.712. The quantitative estimate of drug-likeness (QED) is 0.427. The van der Waals surface area contributed by atoms with Crippen molar-refractivity contribution < 1.29 is 9.16 Å². The van der Waals surface area contributed by atoms with Crippen molar-refractivity contribution in [2.75, 3.05) is 0 Å². The molecule has 56 valence electrons. The summed E-state index contributed by atoms with van der Waals surface area (Å²) in [5, 5.41) is 0. The molecule has 9 heavy (non-hydrogen) atoms. The maximum atomic E-state index is 5.40. The first kappa shape index (κ1) is 9.14. The average Bonchev–Trinajstić information content (AvgIpc) is 1.63. The molecule has 0 aliphatic heterocycles. The minimum atomic E-state index is -0.375. The largest absolute Gasteiger partial charge is 0.402 e. The zero-order valence-corrected chi connectivity index (χ0v) is 8.89. The van der Waals surface area contributed by atoms with E-state index in [0.717, 1.165) is 10.5 Å². The van der Waals surface area contributed by atoms with Gasteiger partial charge in [0.05, 0.1) is 6.10 Å². The van der Waals surface area contributed by atoms with Crippen molar-refractivity contribution in [1.29, 1.82) is 0 Å². The molecule has 0 aliphatic carbocycles. The third-order valence-corrected chi connectivity index (χ3v) is 1.99. The van der Waals surface area contributed by atoms with Crippen LogP contribution in [0.3, 0.4) is 0 Å². The molecule has 0 N–H and O–H groups in total. The first-order valence-corrected chi connectivity index (χ1v) is 4.02. The lowest BCUT2D eigenvalue weighted by Gasteiger charge is -2.26. The van der Waals surface area contributed by atoms with E-state index in [-0.39, 0.29) is 11.9 Å². The smallest absolute Gasteiger partial charge is 0.152 e. The standard InChI is InChI=1S/C6H16O2Si/c1-5(2)7-6(3,4)8-9/h5H,1-4,9H3. The van der Waals surface area contributed by atoms with E-state index in [1.807, 2.05) is 27.7 Å². The molecule has 0 saturated carbocycles. The van der Waals surface area contributed by atoms with E-state index in [4.69, 9.17) is 9.16 Å². The third kappa shape index (κ3) is 4.63. The Morgan fingerprint density at radius 1 is 1.33 bits per heavy atom. The van der Waals surface area contributed by atoms with Gasteiger partial charge in [-0.25, -0.2) is 0 Å². The monoisotopic (exact) mass is 148 g/mol. The Kier molecular flexibility index (Phi) is 3.39. The van der Waals surface area contributed by atoms with Crippen LogP contribution in [0.4, 0.5) is 0 Å². The summed E-state index contributed by atoms with van der Waals surface area (Å²) in [6.07, 6.45) is 0.244. The van der Waals surface area contributed by atoms with Crippen molar-refractivity contribution in [1.82, 2.24) is 0 Å². The topological polar surface area (TPSA) is 18.5 Å². The van der Waals surface area contributed by atoms with Crippen LogP contribution < -0.4 is 0 Å². The van der Waals surface area contributed by atoms with Gasteiger partial charge in [-0.15, -0.1) is 0 Å². The third-order valence-electron chi connectivity index (χ3n) is 1.01. The summed E-state index contributed by atoms with van der Waals surface area (Å²) in [7, 11) is 0.728. The van der Waals surface area contributed by atoms with Crippen LogP contribution in [-0.2, 0) is 9.16 Å². The van der Waals surface area contributed by atoms with Crippen LogP contribution in [0.15, 0.2) is 0 Å². The first-order chi connectivity index (χ1) is 3.98. The molecule has 0 spiro atoms. The Balaban J connectivity index is 3.58. The molecule has 0 bridgehead atoms. The zero-order chi connectivity index (χ0) is 7.49. The zero-order valence-electron chi connectivity index (χ0n) is 6.89. The summed E-state index contributed by atoms with van der Waals surface area (Å²) < 4.78 is 10.6. The van der Waals surface area contributed by atoms with Crippen molar-refractivity contribution in [2.45, 2.75) is 39.6 Å². The Labute approximate surface area is 60.1 Å². The minimum absolute atomic E-state index is 0.244. The summed E-state index contributed by atoms with van der Waals surface area (Å²) in [4.78, 5) is 0. The molecule has 0 aromatic carbocycles.